The third-order valence-electron chi connectivity index (χ3n) is 6.28. The lowest BCUT2D eigenvalue weighted by Crippen LogP contribution is -2.39. The van der Waals surface area contributed by atoms with E-state index in [-0.39, 0.29) is 12.0 Å². The van der Waals surface area contributed by atoms with Gasteiger partial charge in [-0.25, -0.2) is 4.79 Å². The molecule has 1 atom stereocenters. The molecular weight excluding hydrogens is 354 g/mol. The van der Waals surface area contributed by atoms with Gasteiger partial charge in [0.05, 0.1) is 18.1 Å². The summed E-state index contributed by atoms with van der Waals surface area (Å²) in [5, 5.41) is 9.01. The van der Waals surface area contributed by atoms with Crippen molar-refractivity contribution in [3.8, 4) is 0 Å². The highest BCUT2D eigenvalue weighted by atomic mass is 16.5. The van der Waals surface area contributed by atoms with Crippen LogP contribution in [0.4, 0.5) is 0 Å². The molecule has 1 heterocycles. The summed E-state index contributed by atoms with van der Waals surface area (Å²) in [6.07, 6.45) is 8.81. The van der Waals surface area contributed by atoms with Gasteiger partial charge in [0, 0.05) is 19.7 Å². The van der Waals surface area contributed by atoms with E-state index in [1.54, 1.807) is 12.1 Å². The van der Waals surface area contributed by atoms with Gasteiger partial charge in [-0.05, 0) is 62.1 Å². The molecule has 0 radical (unpaired) electrons. The van der Waals surface area contributed by atoms with Gasteiger partial charge in [0.15, 0.2) is 0 Å². The van der Waals surface area contributed by atoms with E-state index >= 15 is 0 Å². The molecule has 1 aromatic carbocycles. The van der Waals surface area contributed by atoms with Crippen LogP contribution in [0.15, 0.2) is 24.3 Å². The summed E-state index contributed by atoms with van der Waals surface area (Å²) in [5.41, 5.74) is 1.49. The first kappa shape index (κ1) is 20.8. The molecule has 1 saturated carbocycles. The van der Waals surface area contributed by atoms with Gasteiger partial charge in [-0.15, -0.1) is 0 Å². The van der Waals surface area contributed by atoms with Gasteiger partial charge >= 0.3 is 5.97 Å². The average Bonchev–Trinajstić information content (AvgIpc) is 2.73. The number of carbonyl (C=O) groups excluding carboxylic acids is 1. The summed E-state index contributed by atoms with van der Waals surface area (Å²) >= 11 is 0. The van der Waals surface area contributed by atoms with E-state index in [9.17, 15) is 9.59 Å². The van der Waals surface area contributed by atoms with Gasteiger partial charge in [-0.2, -0.15) is 0 Å². The van der Waals surface area contributed by atoms with Crippen LogP contribution in [-0.4, -0.2) is 47.7 Å². The molecule has 0 spiro atoms. The summed E-state index contributed by atoms with van der Waals surface area (Å²) in [7, 11) is 0. The number of piperidine rings is 1. The fourth-order valence-corrected chi connectivity index (χ4v) is 4.45. The van der Waals surface area contributed by atoms with Crippen molar-refractivity contribution in [2.24, 2.45) is 5.92 Å². The number of carbonyl (C=O) groups is 2. The molecule has 3 rings (SSSR count). The van der Waals surface area contributed by atoms with Crippen LogP contribution in [-0.2, 0) is 9.53 Å². The van der Waals surface area contributed by atoms with Crippen LogP contribution in [0.2, 0.25) is 0 Å². The minimum Gasteiger partial charge on any atom is -0.478 e. The van der Waals surface area contributed by atoms with Crippen molar-refractivity contribution in [2.75, 3.05) is 19.7 Å². The predicted molar refractivity (Wildman–Crippen MR) is 109 cm³/mol. The van der Waals surface area contributed by atoms with Crippen LogP contribution in [0.1, 0.15) is 80.1 Å². The zero-order valence-corrected chi connectivity index (χ0v) is 16.9. The Kier molecular flexibility index (Phi) is 7.49. The Morgan fingerprint density at radius 2 is 1.71 bits per heavy atom. The highest BCUT2D eigenvalue weighted by molar-refractivity contribution is 5.87. The minimum atomic E-state index is -0.896. The fourth-order valence-electron chi connectivity index (χ4n) is 4.45. The Morgan fingerprint density at radius 1 is 1.07 bits per heavy atom. The topological polar surface area (TPSA) is 66.8 Å². The number of aromatic carboxylic acids is 1. The summed E-state index contributed by atoms with van der Waals surface area (Å²) in [4.78, 5) is 25.5. The largest absolute Gasteiger partial charge is 0.478 e. The van der Waals surface area contributed by atoms with E-state index in [1.807, 2.05) is 24.0 Å². The number of carboxylic acid groups (broad SMARTS) is 1. The molecule has 1 unspecified atom stereocenters. The average molecular weight is 388 g/mol. The van der Waals surface area contributed by atoms with E-state index in [0.717, 1.165) is 32.5 Å². The van der Waals surface area contributed by atoms with E-state index in [2.05, 4.69) is 0 Å². The van der Waals surface area contributed by atoms with Crippen molar-refractivity contribution in [1.82, 2.24) is 4.90 Å². The van der Waals surface area contributed by atoms with E-state index in [4.69, 9.17) is 9.84 Å². The first-order chi connectivity index (χ1) is 13.5. The molecule has 1 saturated heterocycles. The first-order valence-electron chi connectivity index (χ1n) is 10.8. The lowest BCUT2D eigenvalue weighted by Gasteiger charge is -2.33. The highest BCUT2D eigenvalue weighted by Gasteiger charge is 2.25. The zero-order chi connectivity index (χ0) is 19.9. The van der Waals surface area contributed by atoms with Gasteiger partial charge in [-0.1, -0.05) is 31.4 Å². The van der Waals surface area contributed by atoms with Crippen molar-refractivity contribution in [2.45, 2.75) is 70.3 Å². The highest BCUT2D eigenvalue weighted by Crippen LogP contribution is 2.29. The van der Waals surface area contributed by atoms with Crippen LogP contribution < -0.4 is 0 Å². The van der Waals surface area contributed by atoms with Crippen molar-refractivity contribution in [3.63, 3.8) is 0 Å². The lowest BCUT2D eigenvalue weighted by atomic mass is 9.89. The number of benzene rings is 1. The SMILES string of the molecule is CC(CC(=O)N1CCC(c2ccc(C(=O)O)cc2)CC1)OCC1CCCCC1. The van der Waals surface area contributed by atoms with Crippen molar-refractivity contribution in [1.29, 1.82) is 0 Å². The van der Waals surface area contributed by atoms with Gasteiger partial charge in [0.1, 0.15) is 0 Å². The molecule has 154 valence electrons. The van der Waals surface area contributed by atoms with E-state index < -0.39 is 5.97 Å². The minimum absolute atomic E-state index is 0.0179. The Balaban J connectivity index is 1.39. The molecule has 1 amide bonds. The van der Waals surface area contributed by atoms with Crippen LogP contribution >= 0.6 is 0 Å². The normalized spacial score (nSPS) is 20.1. The fraction of sp³-hybridized carbons (Fsp3) is 0.652. The lowest BCUT2D eigenvalue weighted by molar-refractivity contribution is -0.135. The van der Waals surface area contributed by atoms with E-state index in [0.29, 0.717) is 23.8 Å². The zero-order valence-electron chi connectivity index (χ0n) is 16.9. The molecule has 5 heteroatoms. The number of carboxylic acids is 1. The summed E-state index contributed by atoms with van der Waals surface area (Å²) < 4.78 is 5.97. The van der Waals surface area contributed by atoms with Gasteiger partial charge in [-0.3, -0.25) is 4.79 Å². The molecule has 2 aliphatic rings. The monoisotopic (exact) mass is 387 g/mol. The number of amides is 1. The second-order valence-electron chi connectivity index (χ2n) is 8.43. The molecule has 1 aliphatic carbocycles. The standard InChI is InChI=1S/C23H33NO4/c1-17(28-16-18-5-3-2-4-6-18)15-22(25)24-13-11-20(12-14-24)19-7-9-21(10-8-19)23(26)27/h7-10,17-18,20H,2-6,11-16H2,1H3,(H,26,27). The third kappa shape index (κ3) is 5.81. The quantitative estimate of drug-likeness (QED) is 0.750. The molecular formula is C23H33NO4. The Hall–Kier alpha value is -1.88. The maximum Gasteiger partial charge on any atom is 0.335 e. The summed E-state index contributed by atoms with van der Waals surface area (Å²) in [5.74, 6) is 0.365. The third-order valence-corrected chi connectivity index (χ3v) is 6.28. The second kappa shape index (κ2) is 10.1. The molecule has 0 aromatic heterocycles. The van der Waals surface area contributed by atoms with Crippen LogP contribution in [0, 0.1) is 5.92 Å². The smallest absolute Gasteiger partial charge is 0.335 e. The summed E-state index contributed by atoms with van der Waals surface area (Å²) in [6.45, 7) is 4.33. The van der Waals surface area contributed by atoms with Crippen molar-refractivity contribution < 1.29 is 19.4 Å². The van der Waals surface area contributed by atoms with Crippen molar-refractivity contribution in [3.05, 3.63) is 35.4 Å². The Bertz CT molecular complexity index is 643. The molecule has 1 aliphatic heterocycles. The number of likely N-dealkylation sites (tertiary alicyclic amines) is 1. The number of nitrogens with zero attached hydrogens (tertiary/aromatic N) is 1. The number of hydrogen-bond acceptors (Lipinski definition) is 3. The molecule has 5 nitrogen and oxygen atoms in total. The summed E-state index contributed by atoms with van der Waals surface area (Å²) in [6, 6.07) is 7.15. The van der Waals surface area contributed by atoms with E-state index in [1.165, 1.54) is 37.7 Å². The second-order valence-corrected chi connectivity index (χ2v) is 8.43. The number of hydrogen-bond donors (Lipinski definition) is 1. The van der Waals surface area contributed by atoms with Gasteiger partial charge in [0.25, 0.3) is 0 Å². The predicted octanol–water partition coefficient (Wildman–Crippen LogP) is 4.47. The maximum absolute atomic E-state index is 12.6. The van der Waals surface area contributed by atoms with Crippen LogP contribution in [0.5, 0.6) is 0 Å². The number of ether oxygens (including phenoxy) is 1. The van der Waals surface area contributed by atoms with Crippen LogP contribution in [0.25, 0.3) is 0 Å². The molecule has 1 N–H and O–H groups in total. The molecule has 0 bridgehead atoms. The first-order valence-corrected chi connectivity index (χ1v) is 10.8. The van der Waals surface area contributed by atoms with Crippen LogP contribution in [0.3, 0.4) is 0 Å². The molecule has 1 aromatic rings. The maximum atomic E-state index is 12.6. The molecule has 28 heavy (non-hydrogen) atoms. The Labute approximate surface area is 168 Å². The van der Waals surface area contributed by atoms with Gasteiger partial charge in [0.2, 0.25) is 5.91 Å². The van der Waals surface area contributed by atoms with Gasteiger partial charge < -0.3 is 14.7 Å². The Morgan fingerprint density at radius 3 is 2.32 bits per heavy atom. The van der Waals surface area contributed by atoms with Crippen molar-refractivity contribution >= 4 is 11.9 Å². The number of rotatable bonds is 7. The molecule has 2 fully saturated rings.